The molecule has 124 valence electrons. The second-order valence-electron chi connectivity index (χ2n) is 6.30. The van der Waals surface area contributed by atoms with E-state index in [2.05, 4.69) is 11.0 Å². The van der Waals surface area contributed by atoms with Gasteiger partial charge >= 0.3 is 0 Å². The molecule has 2 fully saturated rings. The van der Waals surface area contributed by atoms with Crippen molar-refractivity contribution in [3.63, 3.8) is 0 Å². The third kappa shape index (κ3) is 3.84. The van der Waals surface area contributed by atoms with Crippen LogP contribution in [0.3, 0.4) is 0 Å². The quantitative estimate of drug-likeness (QED) is 0.897. The van der Waals surface area contributed by atoms with Crippen LogP contribution in [0, 0.1) is 17.2 Å². The molecule has 5 heteroatoms. The Hall–Kier alpha value is -1.61. The van der Waals surface area contributed by atoms with Crippen LogP contribution >= 0.6 is 0 Å². The van der Waals surface area contributed by atoms with Gasteiger partial charge < -0.3 is 14.6 Å². The van der Waals surface area contributed by atoms with Gasteiger partial charge in [0.05, 0.1) is 18.3 Å². The SMILES string of the molecule is N#Cc1ccccc1OCCN1CCC[C@@H]1[C@H]1COCC[C@H]1O. The van der Waals surface area contributed by atoms with Gasteiger partial charge in [-0.05, 0) is 37.9 Å². The molecule has 3 rings (SSSR count). The van der Waals surface area contributed by atoms with Crippen LogP contribution in [0.25, 0.3) is 0 Å². The lowest BCUT2D eigenvalue weighted by molar-refractivity contribution is -0.0634. The second-order valence-corrected chi connectivity index (χ2v) is 6.30. The first-order valence-electron chi connectivity index (χ1n) is 8.41. The summed E-state index contributed by atoms with van der Waals surface area (Å²) >= 11 is 0. The molecule has 1 aromatic rings. The van der Waals surface area contributed by atoms with Crippen molar-refractivity contribution in [2.45, 2.75) is 31.4 Å². The van der Waals surface area contributed by atoms with E-state index in [1.165, 1.54) is 0 Å². The summed E-state index contributed by atoms with van der Waals surface area (Å²) in [7, 11) is 0. The molecule has 0 radical (unpaired) electrons. The van der Waals surface area contributed by atoms with E-state index in [9.17, 15) is 5.11 Å². The number of para-hydroxylation sites is 1. The Morgan fingerprint density at radius 1 is 1.35 bits per heavy atom. The fraction of sp³-hybridized carbons (Fsp3) is 0.611. The van der Waals surface area contributed by atoms with Crippen molar-refractivity contribution in [2.75, 3.05) is 32.9 Å². The Morgan fingerprint density at radius 3 is 3.04 bits per heavy atom. The molecule has 0 aromatic heterocycles. The highest BCUT2D eigenvalue weighted by atomic mass is 16.5. The molecule has 2 aliphatic heterocycles. The third-order valence-corrected chi connectivity index (χ3v) is 4.91. The maximum atomic E-state index is 10.2. The van der Waals surface area contributed by atoms with Gasteiger partial charge in [-0.25, -0.2) is 0 Å². The summed E-state index contributed by atoms with van der Waals surface area (Å²) in [6, 6.07) is 9.85. The van der Waals surface area contributed by atoms with E-state index in [1.807, 2.05) is 18.2 Å². The Kier molecular flexibility index (Phi) is 5.50. The molecular weight excluding hydrogens is 292 g/mol. The van der Waals surface area contributed by atoms with Gasteiger partial charge in [-0.2, -0.15) is 5.26 Å². The molecule has 3 atom stereocenters. The third-order valence-electron chi connectivity index (χ3n) is 4.91. The van der Waals surface area contributed by atoms with Crippen molar-refractivity contribution >= 4 is 0 Å². The lowest BCUT2D eigenvalue weighted by Crippen LogP contribution is -2.47. The van der Waals surface area contributed by atoms with Crippen molar-refractivity contribution < 1.29 is 14.6 Å². The number of likely N-dealkylation sites (tertiary alicyclic amines) is 1. The lowest BCUT2D eigenvalue weighted by atomic mass is 9.89. The normalized spacial score (nSPS) is 28.4. The van der Waals surface area contributed by atoms with Crippen LogP contribution < -0.4 is 4.74 Å². The second kappa shape index (κ2) is 7.78. The molecule has 5 nitrogen and oxygen atoms in total. The van der Waals surface area contributed by atoms with Crippen LogP contribution in [0.4, 0.5) is 0 Å². The fourth-order valence-corrected chi connectivity index (χ4v) is 3.69. The zero-order chi connectivity index (χ0) is 16.1. The van der Waals surface area contributed by atoms with Gasteiger partial charge in [0.2, 0.25) is 0 Å². The average molecular weight is 316 g/mol. The number of rotatable bonds is 5. The zero-order valence-corrected chi connectivity index (χ0v) is 13.4. The monoisotopic (exact) mass is 316 g/mol. The van der Waals surface area contributed by atoms with Crippen molar-refractivity contribution in [2.24, 2.45) is 5.92 Å². The molecule has 0 saturated carbocycles. The van der Waals surface area contributed by atoms with E-state index in [0.717, 1.165) is 32.4 Å². The lowest BCUT2D eigenvalue weighted by Gasteiger charge is -2.37. The van der Waals surface area contributed by atoms with Crippen molar-refractivity contribution in [1.82, 2.24) is 4.90 Å². The maximum Gasteiger partial charge on any atom is 0.137 e. The van der Waals surface area contributed by atoms with Gasteiger partial charge in [-0.15, -0.1) is 0 Å². The summed E-state index contributed by atoms with van der Waals surface area (Å²) in [5.74, 6) is 0.851. The van der Waals surface area contributed by atoms with E-state index in [-0.39, 0.29) is 12.0 Å². The summed E-state index contributed by atoms with van der Waals surface area (Å²) in [5.41, 5.74) is 0.571. The van der Waals surface area contributed by atoms with E-state index >= 15 is 0 Å². The van der Waals surface area contributed by atoms with E-state index < -0.39 is 0 Å². The van der Waals surface area contributed by atoms with Crippen molar-refractivity contribution in [3.8, 4) is 11.8 Å². The molecule has 0 aliphatic carbocycles. The predicted molar refractivity (Wildman–Crippen MR) is 86.2 cm³/mol. The highest BCUT2D eigenvalue weighted by Gasteiger charge is 2.37. The average Bonchev–Trinajstić information content (AvgIpc) is 3.04. The summed E-state index contributed by atoms with van der Waals surface area (Å²) < 4.78 is 11.4. The molecule has 0 unspecified atom stereocenters. The van der Waals surface area contributed by atoms with Gasteiger partial charge in [0.25, 0.3) is 0 Å². The molecule has 2 saturated heterocycles. The fourth-order valence-electron chi connectivity index (χ4n) is 3.69. The highest BCUT2D eigenvalue weighted by Crippen LogP contribution is 2.29. The molecule has 1 aromatic carbocycles. The molecule has 2 heterocycles. The van der Waals surface area contributed by atoms with Gasteiger partial charge in [-0.3, -0.25) is 4.90 Å². The summed E-state index contributed by atoms with van der Waals surface area (Å²) in [6.45, 7) is 3.72. The minimum atomic E-state index is -0.255. The summed E-state index contributed by atoms with van der Waals surface area (Å²) in [4.78, 5) is 2.40. The minimum absolute atomic E-state index is 0.206. The van der Waals surface area contributed by atoms with Crippen LogP contribution in [-0.4, -0.2) is 55.1 Å². The predicted octanol–water partition coefficient (Wildman–Crippen LogP) is 1.80. The maximum absolute atomic E-state index is 10.2. The number of nitriles is 1. The molecule has 23 heavy (non-hydrogen) atoms. The first kappa shape index (κ1) is 16.3. The van der Waals surface area contributed by atoms with Crippen LogP contribution in [0.1, 0.15) is 24.8 Å². The summed E-state index contributed by atoms with van der Waals surface area (Å²) in [6.07, 6.45) is 2.75. The Labute approximate surface area is 137 Å². The highest BCUT2D eigenvalue weighted by molar-refractivity contribution is 5.42. The van der Waals surface area contributed by atoms with Gasteiger partial charge in [0, 0.05) is 25.1 Å². The van der Waals surface area contributed by atoms with E-state index in [1.54, 1.807) is 6.07 Å². The first-order valence-corrected chi connectivity index (χ1v) is 8.41. The topological polar surface area (TPSA) is 65.7 Å². The smallest absolute Gasteiger partial charge is 0.137 e. The van der Waals surface area contributed by atoms with Gasteiger partial charge in [-0.1, -0.05) is 12.1 Å². The van der Waals surface area contributed by atoms with Crippen LogP contribution in [0.5, 0.6) is 5.75 Å². The van der Waals surface area contributed by atoms with Crippen molar-refractivity contribution in [3.05, 3.63) is 29.8 Å². The Morgan fingerprint density at radius 2 is 2.22 bits per heavy atom. The number of benzene rings is 1. The first-order chi connectivity index (χ1) is 11.3. The largest absolute Gasteiger partial charge is 0.491 e. The molecular formula is C18H24N2O3. The van der Waals surface area contributed by atoms with Gasteiger partial charge in [0.1, 0.15) is 18.4 Å². The van der Waals surface area contributed by atoms with E-state index in [0.29, 0.717) is 37.2 Å². The van der Waals surface area contributed by atoms with E-state index in [4.69, 9.17) is 14.7 Å². The number of nitrogens with zero attached hydrogens (tertiary/aromatic N) is 2. The van der Waals surface area contributed by atoms with Crippen LogP contribution in [-0.2, 0) is 4.74 Å². The molecule has 0 amide bonds. The standard InChI is InChI=1S/C18H24N2O3/c19-12-14-4-1-2-6-18(14)23-11-9-20-8-3-5-16(20)15-13-22-10-7-17(15)21/h1-2,4,6,15-17,21H,3,5,7-11,13H2/t15-,16-,17-/m1/s1. The molecule has 2 aliphatic rings. The van der Waals surface area contributed by atoms with Crippen LogP contribution in [0.2, 0.25) is 0 Å². The van der Waals surface area contributed by atoms with Gasteiger partial charge in [0.15, 0.2) is 0 Å². The number of hydrogen-bond acceptors (Lipinski definition) is 5. The van der Waals surface area contributed by atoms with Crippen LogP contribution in [0.15, 0.2) is 24.3 Å². The summed E-state index contributed by atoms with van der Waals surface area (Å²) in [5, 5.41) is 19.3. The zero-order valence-electron chi connectivity index (χ0n) is 13.4. The number of aliphatic hydroxyl groups is 1. The minimum Gasteiger partial charge on any atom is -0.491 e. The molecule has 0 bridgehead atoms. The molecule has 1 N–H and O–H groups in total. The number of hydrogen-bond donors (Lipinski definition) is 1. The Bertz CT molecular complexity index is 557. The number of aliphatic hydroxyl groups excluding tert-OH is 1. The van der Waals surface area contributed by atoms with Crippen molar-refractivity contribution in [1.29, 1.82) is 5.26 Å². The Balaban J connectivity index is 1.54. The molecule has 0 spiro atoms. The number of ether oxygens (including phenoxy) is 2.